The highest BCUT2D eigenvalue weighted by Gasteiger charge is 2.21. The van der Waals surface area contributed by atoms with Crippen LogP contribution >= 0.6 is 23.1 Å². The van der Waals surface area contributed by atoms with Gasteiger partial charge in [-0.05, 0) is 43.3 Å². The van der Waals surface area contributed by atoms with E-state index in [1.165, 1.54) is 23.1 Å². The number of rotatable bonds is 7. The first-order chi connectivity index (χ1) is 17.5. The second-order valence-electron chi connectivity index (χ2n) is 7.91. The zero-order valence-electron chi connectivity index (χ0n) is 19.5. The number of fused-ring (bicyclic) bond motifs is 1. The second-order valence-corrected chi connectivity index (χ2v) is 10.1. The van der Waals surface area contributed by atoms with Crippen molar-refractivity contribution in [3.8, 4) is 22.7 Å². The Hall–Kier alpha value is -3.95. The van der Waals surface area contributed by atoms with Crippen molar-refractivity contribution in [1.82, 2.24) is 14.5 Å². The summed E-state index contributed by atoms with van der Waals surface area (Å²) in [5.74, 6) is 0.511. The number of thiazole rings is 1. The van der Waals surface area contributed by atoms with Crippen LogP contribution in [0.4, 0.5) is 5.13 Å². The number of carbonyl (C=O) groups excluding carboxylic acids is 1. The Morgan fingerprint density at radius 3 is 2.61 bits per heavy atom. The maximum absolute atomic E-state index is 13.4. The lowest BCUT2D eigenvalue weighted by atomic mass is 10.2. The molecule has 0 aliphatic carbocycles. The number of nitrogens with one attached hydrogen (secondary N) is 1. The molecule has 7 nitrogen and oxygen atoms in total. The van der Waals surface area contributed by atoms with Crippen molar-refractivity contribution in [2.75, 3.05) is 12.4 Å². The Labute approximate surface area is 215 Å². The molecule has 1 amide bonds. The summed E-state index contributed by atoms with van der Waals surface area (Å²) in [5, 5.41) is 5.72. The minimum atomic E-state index is -0.530. The van der Waals surface area contributed by atoms with Crippen LogP contribution in [0.15, 0.2) is 94.2 Å². The van der Waals surface area contributed by atoms with Gasteiger partial charge in [0, 0.05) is 10.9 Å². The lowest BCUT2D eigenvalue weighted by Gasteiger charge is -2.16. The summed E-state index contributed by atoms with van der Waals surface area (Å²) >= 11 is 2.58. The monoisotopic (exact) mass is 514 g/mol. The van der Waals surface area contributed by atoms with Gasteiger partial charge in [0.15, 0.2) is 10.3 Å². The summed E-state index contributed by atoms with van der Waals surface area (Å²) in [5.41, 5.74) is 2.76. The maximum atomic E-state index is 13.4. The lowest BCUT2D eigenvalue weighted by molar-refractivity contribution is -0.115. The number of ether oxygens (including phenoxy) is 1. The standard InChI is InChI=1S/C27H22N4O3S2/c1-17(24(32)30-26-28-23(16-35-26)18-9-8-12-20(15-18)34-2)36-27-29-22-14-7-6-13-21(22)25(33)31(27)19-10-4-3-5-11-19/h3-17H,1-2H3,(H,28,30,32). The molecule has 9 heteroatoms. The normalized spacial score (nSPS) is 11.8. The number of methoxy groups -OCH3 is 1. The van der Waals surface area contributed by atoms with Crippen molar-refractivity contribution in [1.29, 1.82) is 0 Å². The minimum Gasteiger partial charge on any atom is -0.497 e. The van der Waals surface area contributed by atoms with Gasteiger partial charge in [0.2, 0.25) is 5.91 Å². The third kappa shape index (κ3) is 4.89. The van der Waals surface area contributed by atoms with E-state index in [0.717, 1.165) is 17.0 Å². The van der Waals surface area contributed by atoms with Crippen LogP contribution in [-0.4, -0.2) is 32.8 Å². The molecule has 0 fully saturated rings. The molecule has 36 heavy (non-hydrogen) atoms. The summed E-state index contributed by atoms with van der Waals surface area (Å²) < 4.78 is 6.84. The molecular formula is C27H22N4O3S2. The van der Waals surface area contributed by atoms with Crippen molar-refractivity contribution in [2.24, 2.45) is 0 Å². The number of hydrogen-bond acceptors (Lipinski definition) is 7. The van der Waals surface area contributed by atoms with Gasteiger partial charge in [-0.3, -0.25) is 14.2 Å². The van der Waals surface area contributed by atoms with Gasteiger partial charge in [-0.25, -0.2) is 9.97 Å². The van der Waals surface area contributed by atoms with Crippen LogP contribution in [0, 0.1) is 0 Å². The molecule has 2 heterocycles. The van der Waals surface area contributed by atoms with E-state index in [0.29, 0.717) is 26.9 Å². The Morgan fingerprint density at radius 1 is 1.03 bits per heavy atom. The number of nitrogens with zero attached hydrogens (tertiary/aromatic N) is 3. The zero-order valence-corrected chi connectivity index (χ0v) is 21.2. The van der Waals surface area contributed by atoms with E-state index in [4.69, 9.17) is 9.72 Å². The molecule has 2 aromatic heterocycles. The third-order valence-electron chi connectivity index (χ3n) is 5.51. The van der Waals surface area contributed by atoms with Crippen LogP contribution in [0.1, 0.15) is 6.92 Å². The number of anilines is 1. The number of hydrogen-bond donors (Lipinski definition) is 1. The summed E-state index contributed by atoms with van der Waals surface area (Å²) in [6.07, 6.45) is 0. The molecule has 0 saturated heterocycles. The first-order valence-electron chi connectivity index (χ1n) is 11.2. The van der Waals surface area contributed by atoms with Gasteiger partial charge in [-0.1, -0.05) is 54.2 Å². The largest absolute Gasteiger partial charge is 0.497 e. The van der Waals surface area contributed by atoms with Crippen LogP contribution in [0.3, 0.4) is 0 Å². The fourth-order valence-corrected chi connectivity index (χ4v) is 5.31. The number of amides is 1. The molecule has 180 valence electrons. The third-order valence-corrected chi connectivity index (χ3v) is 7.32. The summed E-state index contributed by atoms with van der Waals surface area (Å²) in [4.78, 5) is 35.7. The summed E-state index contributed by atoms with van der Waals surface area (Å²) in [6.45, 7) is 1.78. The number of aromatic nitrogens is 3. The summed E-state index contributed by atoms with van der Waals surface area (Å²) in [6, 6.07) is 24.1. The van der Waals surface area contributed by atoms with Crippen LogP contribution in [0.5, 0.6) is 5.75 Å². The van der Waals surface area contributed by atoms with Gasteiger partial charge >= 0.3 is 0 Å². The van der Waals surface area contributed by atoms with Crippen molar-refractivity contribution < 1.29 is 9.53 Å². The van der Waals surface area contributed by atoms with Gasteiger partial charge in [0.1, 0.15) is 5.75 Å². The van der Waals surface area contributed by atoms with Crippen LogP contribution < -0.4 is 15.6 Å². The minimum absolute atomic E-state index is 0.176. The predicted octanol–water partition coefficient (Wildman–Crippen LogP) is 5.64. The quantitative estimate of drug-likeness (QED) is 0.224. The first-order valence-corrected chi connectivity index (χ1v) is 12.9. The highest BCUT2D eigenvalue weighted by atomic mass is 32.2. The Morgan fingerprint density at radius 2 is 1.81 bits per heavy atom. The van der Waals surface area contributed by atoms with Crippen LogP contribution in [0.25, 0.3) is 27.8 Å². The van der Waals surface area contributed by atoms with Crippen LogP contribution in [0.2, 0.25) is 0 Å². The van der Waals surface area contributed by atoms with E-state index in [1.54, 1.807) is 30.7 Å². The van der Waals surface area contributed by atoms with Crippen molar-refractivity contribution in [3.05, 3.63) is 94.6 Å². The van der Waals surface area contributed by atoms with E-state index in [-0.39, 0.29) is 11.5 Å². The predicted molar refractivity (Wildman–Crippen MR) is 145 cm³/mol. The average molecular weight is 515 g/mol. The van der Waals surface area contributed by atoms with Crippen molar-refractivity contribution in [3.63, 3.8) is 0 Å². The Kier molecular flexibility index (Phi) is 6.84. The highest BCUT2D eigenvalue weighted by molar-refractivity contribution is 8.00. The number of benzene rings is 3. The Bertz CT molecular complexity index is 1600. The molecule has 1 N–H and O–H groups in total. The van der Waals surface area contributed by atoms with E-state index in [1.807, 2.05) is 72.1 Å². The molecule has 0 bridgehead atoms. The molecule has 0 spiro atoms. The molecule has 5 aromatic rings. The summed E-state index contributed by atoms with van der Waals surface area (Å²) in [7, 11) is 1.62. The first kappa shape index (κ1) is 23.8. The Balaban J connectivity index is 1.40. The van der Waals surface area contributed by atoms with E-state index >= 15 is 0 Å². The molecule has 3 aromatic carbocycles. The molecule has 0 radical (unpaired) electrons. The highest BCUT2D eigenvalue weighted by Crippen LogP contribution is 2.29. The molecule has 0 saturated carbocycles. The number of thioether (sulfide) groups is 1. The smallest absolute Gasteiger partial charge is 0.266 e. The SMILES string of the molecule is COc1cccc(-c2csc(NC(=O)C(C)Sc3nc4ccccc4c(=O)n3-c3ccccc3)n2)c1. The second kappa shape index (κ2) is 10.3. The van der Waals surface area contributed by atoms with Gasteiger partial charge in [0.25, 0.3) is 5.56 Å². The van der Waals surface area contributed by atoms with Crippen LogP contribution in [-0.2, 0) is 4.79 Å². The maximum Gasteiger partial charge on any atom is 0.266 e. The van der Waals surface area contributed by atoms with Gasteiger partial charge in [-0.2, -0.15) is 0 Å². The molecule has 1 atom stereocenters. The molecule has 5 rings (SSSR count). The molecule has 0 aliphatic heterocycles. The average Bonchev–Trinajstić information content (AvgIpc) is 3.38. The zero-order chi connectivity index (χ0) is 25.1. The topological polar surface area (TPSA) is 86.1 Å². The molecular weight excluding hydrogens is 492 g/mol. The van der Waals surface area contributed by atoms with E-state index in [9.17, 15) is 9.59 Å². The fourth-order valence-electron chi connectivity index (χ4n) is 3.66. The number of carbonyl (C=O) groups is 1. The number of para-hydroxylation sites is 2. The fraction of sp³-hybridized carbons (Fsp3) is 0.111. The van der Waals surface area contributed by atoms with E-state index in [2.05, 4.69) is 10.3 Å². The van der Waals surface area contributed by atoms with Gasteiger partial charge in [-0.15, -0.1) is 11.3 Å². The molecule has 0 aliphatic rings. The van der Waals surface area contributed by atoms with Gasteiger partial charge in [0.05, 0.1) is 34.6 Å². The van der Waals surface area contributed by atoms with E-state index < -0.39 is 5.25 Å². The van der Waals surface area contributed by atoms with Crippen molar-refractivity contribution >= 4 is 45.0 Å². The van der Waals surface area contributed by atoms with Gasteiger partial charge < -0.3 is 10.1 Å². The molecule has 1 unspecified atom stereocenters. The van der Waals surface area contributed by atoms with Crippen molar-refractivity contribution in [2.45, 2.75) is 17.3 Å². The lowest BCUT2D eigenvalue weighted by Crippen LogP contribution is -2.26.